The van der Waals surface area contributed by atoms with Crippen molar-refractivity contribution in [3.05, 3.63) is 0 Å². The van der Waals surface area contributed by atoms with Gasteiger partial charge >= 0.3 is 0 Å². The van der Waals surface area contributed by atoms with Gasteiger partial charge in [0.15, 0.2) is 0 Å². The van der Waals surface area contributed by atoms with Crippen molar-refractivity contribution >= 4 is 5.91 Å². The molecule has 0 fully saturated rings. The zero-order valence-corrected chi connectivity index (χ0v) is 9.21. The SMILES string of the molecule is CCCC(O)C(=O)NC(C)(C)CCO. The van der Waals surface area contributed by atoms with Crippen LogP contribution in [-0.4, -0.2) is 34.4 Å². The monoisotopic (exact) mass is 203 g/mol. The normalized spacial score (nSPS) is 13.8. The van der Waals surface area contributed by atoms with Gasteiger partial charge in [0.2, 0.25) is 5.91 Å². The number of amides is 1. The molecule has 3 N–H and O–H groups in total. The molecule has 0 rings (SSSR count). The first kappa shape index (κ1) is 13.4. The number of hydrogen-bond donors (Lipinski definition) is 3. The first-order chi connectivity index (χ1) is 6.43. The molecule has 0 aromatic carbocycles. The van der Waals surface area contributed by atoms with E-state index in [4.69, 9.17) is 5.11 Å². The average Bonchev–Trinajstić information content (AvgIpc) is 2.03. The molecule has 0 heterocycles. The van der Waals surface area contributed by atoms with Crippen LogP contribution in [0.25, 0.3) is 0 Å². The van der Waals surface area contributed by atoms with Gasteiger partial charge in [-0.15, -0.1) is 0 Å². The number of carbonyl (C=O) groups excluding carboxylic acids is 1. The lowest BCUT2D eigenvalue weighted by Crippen LogP contribution is -2.48. The highest BCUT2D eigenvalue weighted by Gasteiger charge is 2.23. The van der Waals surface area contributed by atoms with Crippen LogP contribution < -0.4 is 5.32 Å². The maximum atomic E-state index is 11.4. The Bertz CT molecular complexity index is 180. The largest absolute Gasteiger partial charge is 0.396 e. The van der Waals surface area contributed by atoms with E-state index in [2.05, 4.69) is 5.32 Å². The van der Waals surface area contributed by atoms with E-state index in [-0.39, 0.29) is 12.5 Å². The molecule has 0 spiro atoms. The van der Waals surface area contributed by atoms with Crippen LogP contribution >= 0.6 is 0 Å². The summed E-state index contributed by atoms with van der Waals surface area (Å²) in [5.74, 6) is -0.356. The molecule has 4 nitrogen and oxygen atoms in total. The summed E-state index contributed by atoms with van der Waals surface area (Å²) in [6.45, 7) is 5.58. The van der Waals surface area contributed by atoms with Gasteiger partial charge in [-0.05, 0) is 26.7 Å². The molecule has 0 aromatic rings. The van der Waals surface area contributed by atoms with E-state index in [1.165, 1.54) is 0 Å². The number of nitrogens with one attached hydrogen (secondary N) is 1. The second-order valence-corrected chi connectivity index (χ2v) is 4.15. The van der Waals surface area contributed by atoms with Crippen LogP contribution in [0.1, 0.15) is 40.0 Å². The fourth-order valence-electron chi connectivity index (χ4n) is 1.16. The highest BCUT2D eigenvalue weighted by atomic mass is 16.3. The van der Waals surface area contributed by atoms with Crippen molar-refractivity contribution in [3.8, 4) is 0 Å². The quantitative estimate of drug-likeness (QED) is 0.586. The molecule has 0 aliphatic carbocycles. The standard InChI is InChI=1S/C10H21NO3/c1-4-5-8(13)9(14)11-10(2,3)6-7-12/h8,12-13H,4-7H2,1-3H3,(H,11,14). The van der Waals surface area contributed by atoms with E-state index in [9.17, 15) is 9.90 Å². The summed E-state index contributed by atoms with van der Waals surface area (Å²) >= 11 is 0. The Balaban J connectivity index is 4.03. The molecule has 1 atom stereocenters. The van der Waals surface area contributed by atoms with Crippen molar-refractivity contribution in [2.45, 2.75) is 51.7 Å². The van der Waals surface area contributed by atoms with Crippen LogP contribution in [0.3, 0.4) is 0 Å². The van der Waals surface area contributed by atoms with E-state index in [0.717, 1.165) is 6.42 Å². The van der Waals surface area contributed by atoms with E-state index in [1.807, 2.05) is 20.8 Å². The fraction of sp³-hybridized carbons (Fsp3) is 0.900. The Morgan fingerprint density at radius 3 is 2.50 bits per heavy atom. The van der Waals surface area contributed by atoms with Gasteiger partial charge in [0.05, 0.1) is 0 Å². The molecule has 0 aromatic heterocycles. The summed E-state index contributed by atoms with van der Waals surface area (Å²) in [6, 6.07) is 0. The maximum Gasteiger partial charge on any atom is 0.249 e. The van der Waals surface area contributed by atoms with Crippen molar-refractivity contribution in [1.82, 2.24) is 5.32 Å². The Hall–Kier alpha value is -0.610. The predicted octanol–water partition coefficient (Wildman–Crippen LogP) is 0.425. The minimum absolute atomic E-state index is 0.0250. The van der Waals surface area contributed by atoms with Crippen molar-refractivity contribution in [2.75, 3.05) is 6.61 Å². The van der Waals surface area contributed by atoms with Crippen LogP contribution in [0.5, 0.6) is 0 Å². The topological polar surface area (TPSA) is 69.6 Å². The molecule has 0 bridgehead atoms. The number of aliphatic hydroxyl groups excluding tert-OH is 2. The lowest BCUT2D eigenvalue weighted by atomic mass is 10.0. The van der Waals surface area contributed by atoms with E-state index >= 15 is 0 Å². The van der Waals surface area contributed by atoms with Gasteiger partial charge in [-0.1, -0.05) is 13.3 Å². The molecule has 0 saturated carbocycles. The van der Waals surface area contributed by atoms with Gasteiger partial charge < -0.3 is 15.5 Å². The molecule has 1 unspecified atom stereocenters. The fourth-order valence-corrected chi connectivity index (χ4v) is 1.16. The second-order valence-electron chi connectivity index (χ2n) is 4.15. The van der Waals surface area contributed by atoms with Crippen LogP contribution in [0.2, 0.25) is 0 Å². The van der Waals surface area contributed by atoms with Gasteiger partial charge in [-0.3, -0.25) is 4.79 Å². The first-order valence-corrected chi connectivity index (χ1v) is 5.04. The summed E-state index contributed by atoms with van der Waals surface area (Å²) in [5, 5.41) is 20.8. The Morgan fingerprint density at radius 2 is 2.07 bits per heavy atom. The van der Waals surface area contributed by atoms with Gasteiger partial charge in [0.25, 0.3) is 0 Å². The van der Waals surface area contributed by atoms with Crippen LogP contribution in [0.15, 0.2) is 0 Å². The highest BCUT2D eigenvalue weighted by Crippen LogP contribution is 2.08. The van der Waals surface area contributed by atoms with E-state index in [0.29, 0.717) is 12.8 Å². The average molecular weight is 203 g/mol. The number of rotatable bonds is 6. The summed E-state index contributed by atoms with van der Waals surface area (Å²) in [5.41, 5.74) is -0.458. The molecule has 1 amide bonds. The summed E-state index contributed by atoms with van der Waals surface area (Å²) in [7, 11) is 0. The minimum Gasteiger partial charge on any atom is -0.396 e. The Morgan fingerprint density at radius 1 is 1.50 bits per heavy atom. The Kier molecular flexibility index (Phi) is 5.72. The Labute approximate surface area is 85.3 Å². The van der Waals surface area contributed by atoms with Crippen molar-refractivity contribution in [2.24, 2.45) is 0 Å². The van der Waals surface area contributed by atoms with Crippen LogP contribution in [0, 0.1) is 0 Å². The van der Waals surface area contributed by atoms with E-state index < -0.39 is 11.6 Å². The van der Waals surface area contributed by atoms with Gasteiger partial charge in [0.1, 0.15) is 6.10 Å². The zero-order chi connectivity index (χ0) is 11.2. The molecule has 0 radical (unpaired) electrons. The minimum atomic E-state index is -0.932. The number of hydrogen-bond acceptors (Lipinski definition) is 3. The van der Waals surface area contributed by atoms with Crippen molar-refractivity contribution in [3.63, 3.8) is 0 Å². The van der Waals surface area contributed by atoms with Gasteiger partial charge in [0, 0.05) is 12.1 Å². The molecule has 0 aliphatic heterocycles. The molecule has 4 heteroatoms. The third kappa shape index (κ3) is 5.19. The summed E-state index contributed by atoms with van der Waals surface area (Å²) in [4.78, 5) is 11.4. The predicted molar refractivity (Wildman–Crippen MR) is 54.8 cm³/mol. The maximum absolute atomic E-state index is 11.4. The number of aliphatic hydroxyl groups is 2. The number of carbonyl (C=O) groups is 1. The van der Waals surface area contributed by atoms with Gasteiger partial charge in [-0.25, -0.2) is 0 Å². The molecular weight excluding hydrogens is 182 g/mol. The molecule has 84 valence electrons. The van der Waals surface area contributed by atoms with Gasteiger partial charge in [-0.2, -0.15) is 0 Å². The first-order valence-electron chi connectivity index (χ1n) is 5.04. The summed E-state index contributed by atoms with van der Waals surface area (Å²) < 4.78 is 0. The zero-order valence-electron chi connectivity index (χ0n) is 9.21. The third-order valence-electron chi connectivity index (χ3n) is 2.06. The van der Waals surface area contributed by atoms with Crippen molar-refractivity contribution < 1.29 is 15.0 Å². The molecule has 0 saturated heterocycles. The van der Waals surface area contributed by atoms with Crippen molar-refractivity contribution in [1.29, 1.82) is 0 Å². The second kappa shape index (κ2) is 5.98. The van der Waals surface area contributed by atoms with Crippen LogP contribution in [0.4, 0.5) is 0 Å². The third-order valence-corrected chi connectivity index (χ3v) is 2.06. The van der Waals surface area contributed by atoms with Crippen LogP contribution in [-0.2, 0) is 4.79 Å². The molecular formula is C10H21NO3. The molecule has 0 aliphatic rings. The molecule has 14 heavy (non-hydrogen) atoms. The smallest absolute Gasteiger partial charge is 0.249 e. The summed E-state index contributed by atoms with van der Waals surface area (Å²) in [6.07, 6.45) is 0.797. The highest BCUT2D eigenvalue weighted by molar-refractivity contribution is 5.81. The lowest BCUT2D eigenvalue weighted by molar-refractivity contribution is -0.131. The van der Waals surface area contributed by atoms with E-state index in [1.54, 1.807) is 0 Å². The lowest BCUT2D eigenvalue weighted by Gasteiger charge is -2.26.